The number of nitrogens with one attached hydrogen (secondary N) is 1. The van der Waals surface area contributed by atoms with E-state index in [4.69, 9.17) is 26.1 Å². The number of nitrogens with zero attached hydrogens (tertiary/aromatic N) is 5. The number of hydrogen-bond donors (Lipinski definition) is 1. The van der Waals surface area contributed by atoms with Crippen LogP contribution in [0.25, 0.3) is 22.4 Å². The fraction of sp³-hybridized carbons (Fsp3) is 0.200. The van der Waals surface area contributed by atoms with E-state index in [0.29, 0.717) is 54.0 Å². The molecule has 0 spiro atoms. The maximum Gasteiger partial charge on any atom is 0.321 e. The van der Waals surface area contributed by atoms with Crippen molar-refractivity contribution in [1.29, 1.82) is 0 Å². The molecule has 3 heterocycles. The molecule has 0 saturated carbocycles. The van der Waals surface area contributed by atoms with E-state index in [2.05, 4.69) is 27.5 Å². The first-order valence-electron chi connectivity index (χ1n) is 13.0. The summed E-state index contributed by atoms with van der Waals surface area (Å²) in [6.45, 7) is 2.53. The Bertz CT molecular complexity index is 1570. The minimum Gasteiger partial charge on any atom is -0.354 e. The lowest BCUT2D eigenvalue weighted by molar-refractivity contribution is 0.215. The third kappa shape index (κ3) is 5.56. The van der Waals surface area contributed by atoms with Crippen molar-refractivity contribution < 1.29 is 9.32 Å². The Morgan fingerprint density at radius 1 is 0.872 bits per heavy atom. The zero-order chi connectivity index (χ0) is 26.6. The summed E-state index contributed by atoms with van der Waals surface area (Å²) in [5.41, 5.74) is 3.95. The van der Waals surface area contributed by atoms with E-state index in [9.17, 15) is 4.79 Å². The Balaban J connectivity index is 1.30. The van der Waals surface area contributed by atoms with Crippen LogP contribution in [0.15, 0.2) is 89.5 Å². The number of carbonyl (C=O) groups is 1. The third-order valence-corrected chi connectivity index (χ3v) is 7.05. The molecule has 2 aromatic heterocycles. The summed E-state index contributed by atoms with van der Waals surface area (Å²) in [5, 5.41) is 8.79. The maximum atomic E-state index is 13.0. The van der Waals surface area contributed by atoms with Crippen LogP contribution in [-0.4, -0.2) is 52.2 Å². The van der Waals surface area contributed by atoms with Gasteiger partial charge in [0.1, 0.15) is 22.7 Å². The van der Waals surface area contributed by atoms with Gasteiger partial charge >= 0.3 is 6.03 Å². The number of fused-ring (bicyclic) bond motifs is 1. The Hall–Kier alpha value is -4.43. The number of urea groups is 1. The molecule has 8 nitrogen and oxygen atoms in total. The first-order valence-corrected chi connectivity index (χ1v) is 13.3. The molecule has 2 amide bonds. The van der Waals surface area contributed by atoms with Crippen molar-refractivity contribution >= 4 is 40.2 Å². The minimum atomic E-state index is -0.133. The van der Waals surface area contributed by atoms with Crippen molar-refractivity contribution in [3.8, 4) is 11.3 Å². The fourth-order valence-electron chi connectivity index (χ4n) is 4.83. The van der Waals surface area contributed by atoms with Gasteiger partial charge in [-0.05, 0) is 36.2 Å². The van der Waals surface area contributed by atoms with Crippen LogP contribution in [0.4, 0.5) is 16.3 Å². The number of hydrogen-bond acceptors (Lipinski definition) is 6. The predicted molar refractivity (Wildman–Crippen MR) is 153 cm³/mol. The van der Waals surface area contributed by atoms with Crippen LogP contribution in [0.1, 0.15) is 17.8 Å². The second kappa shape index (κ2) is 11.1. The van der Waals surface area contributed by atoms with Gasteiger partial charge in [-0.2, -0.15) is 4.98 Å². The summed E-state index contributed by atoms with van der Waals surface area (Å²) in [5.74, 6) is 1.45. The van der Waals surface area contributed by atoms with Crippen molar-refractivity contribution in [3.05, 3.63) is 101 Å². The second-order valence-electron chi connectivity index (χ2n) is 9.47. The summed E-state index contributed by atoms with van der Waals surface area (Å²) in [7, 11) is 0. The molecule has 1 N–H and O–H groups in total. The zero-order valence-electron chi connectivity index (χ0n) is 21.3. The summed E-state index contributed by atoms with van der Waals surface area (Å²) < 4.78 is 5.77. The largest absolute Gasteiger partial charge is 0.354 e. The fourth-order valence-corrected chi connectivity index (χ4v) is 4.95. The van der Waals surface area contributed by atoms with Crippen molar-refractivity contribution in [3.63, 3.8) is 0 Å². The molecule has 39 heavy (non-hydrogen) atoms. The van der Waals surface area contributed by atoms with Crippen LogP contribution < -0.4 is 10.2 Å². The van der Waals surface area contributed by atoms with Crippen LogP contribution in [0, 0.1) is 0 Å². The van der Waals surface area contributed by atoms with E-state index in [-0.39, 0.29) is 6.03 Å². The summed E-state index contributed by atoms with van der Waals surface area (Å²) in [6.07, 6.45) is 1.37. The van der Waals surface area contributed by atoms with Gasteiger partial charge in [0, 0.05) is 48.9 Å². The van der Waals surface area contributed by atoms with Gasteiger partial charge < -0.3 is 19.6 Å². The lowest BCUT2D eigenvalue weighted by Crippen LogP contribution is -2.38. The van der Waals surface area contributed by atoms with Gasteiger partial charge in [0.15, 0.2) is 0 Å². The molecule has 1 aliphatic heterocycles. The molecule has 1 fully saturated rings. The number of anilines is 2. The Morgan fingerprint density at radius 3 is 2.38 bits per heavy atom. The number of benzene rings is 3. The molecular weight excluding hydrogens is 512 g/mol. The van der Waals surface area contributed by atoms with E-state index in [1.165, 1.54) is 0 Å². The molecule has 6 rings (SSSR count). The molecule has 0 radical (unpaired) electrons. The van der Waals surface area contributed by atoms with Crippen LogP contribution in [0.5, 0.6) is 0 Å². The molecular formula is C30H27ClN6O2. The van der Waals surface area contributed by atoms with Crippen molar-refractivity contribution in [2.24, 2.45) is 0 Å². The molecule has 9 heteroatoms. The molecule has 0 atom stereocenters. The van der Waals surface area contributed by atoms with Crippen molar-refractivity contribution in [2.75, 3.05) is 36.4 Å². The zero-order valence-corrected chi connectivity index (χ0v) is 22.0. The predicted octanol–water partition coefficient (Wildman–Crippen LogP) is 6.27. The van der Waals surface area contributed by atoms with E-state index >= 15 is 0 Å². The Morgan fingerprint density at radius 2 is 1.62 bits per heavy atom. The van der Waals surface area contributed by atoms with Gasteiger partial charge in [-0.3, -0.25) is 0 Å². The van der Waals surface area contributed by atoms with Crippen molar-refractivity contribution in [1.82, 2.24) is 20.0 Å². The molecule has 3 aromatic carbocycles. The van der Waals surface area contributed by atoms with Gasteiger partial charge in [-0.1, -0.05) is 77.4 Å². The first kappa shape index (κ1) is 24.9. The average molecular weight is 539 g/mol. The van der Waals surface area contributed by atoms with Gasteiger partial charge in [0.2, 0.25) is 0 Å². The van der Waals surface area contributed by atoms with Crippen LogP contribution in [0.2, 0.25) is 5.02 Å². The summed E-state index contributed by atoms with van der Waals surface area (Å²) in [4.78, 5) is 26.9. The van der Waals surface area contributed by atoms with Crippen LogP contribution in [-0.2, 0) is 6.42 Å². The van der Waals surface area contributed by atoms with E-state index in [1.54, 1.807) is 24.3 Å². The normalized spacial score (nSPS) is 13.9. The van der Waals surface area contributed by atoms with Crippen LogP contribution >= 0.6 is 11.6 Å². The highest BCUT2D eigenvalue weighted by molar-refractivity contribution is 6.30. The van der Waals surface area contributed by atoms with E-state index in [1.807, 2.05) is 53.4 Å². The highest BCUT2D eigenvalue weighted by Gasteiger charge is 2.26. The Labute approximate surface area is 231 Å². The maximum absolute atomic E-state index is 13.0. The monoisotopic (exact) mass is 538 g/mol. The highest BCUT2D eigenvalue weighted by Crippen LogP contribution is 2.34. The summed E-state index contributed by atoms with van der Waals surface area (Å²) in [6, 6.07) is 27.1. The molecule has 0 unspecified atom stereocenters. The smallest absolute Gasteiger partial charge is 0.321 e. The standard InChI is InChI=1S/C30H27ClN6O2/c31-23-12-14-24(15-13-23)32-30(38)37-17-7-16-36(18-19-37)28-26-27(22-10-5-2-6-11-22)35-39-29(26)34-25(33-28)20-21-8-3-1-4-9-21/h1-6,8-15H,7,16-20H2,(H,32,38). The van der Waals surface area contributed by atoms with E-state index < -0.39 is 0 Å². The summed E-state index contributed by atoms with van der Waals surface area (Å²) >= 11 is 5.98. The van der Waals surface area contributed by atoms with E-state index in [0.717, 1.165) is 35.3 Å². The Kier molecular flexibility index (Phi) is 7.10. The first-order chi connectivity index (χ1) is 19.1. The average Bonchev–Trinajstić information content (AvgIpc) is 3.23. The lowest BCUT2D eigenvalue weighted by Gasteiger charge is -2.24. The number of carbonyl (C=O) groups excluding carboxylic acids is 1. The molecule has 0 bridgehead atoms. The highest BCUT2D eigenvalue weighted by atomic mass is 35.5. The molecule has 196 valence electrons. The van der Waals surface area contributed by atoms with Crippen LogP contribution in [0.3, 0.4) is 0 Å². The van der Waals surface area contributed by atoms with Gasteiger partial charge in [-0.25, -0.2) is 9.78 Å². The van der Waals surface area contributed by atoms with Gasteiger partial charge in [0.05, 0.1) is 0 Å². The number of amides is 2. The topological polar surface area (TPSA) is 87.4 Å². The quantitative estimate of drug-likeness (QED) is 0.283. The minimum absolute atomic E-state index is 0.133. The van der Waals surface area contributed by atoms with Crippen molar-refractivity contribution in [2.45, 2.75) is 12.8 Å². The molecule has 5 aromatic rings. The molecule has 1 aliphatic rings. The second-order valence-corrected chi connectivity index (χ2v) is 9.90. The molecule has 0 aliphatic carbocycles. The lowest BCUT2D eigenvalue weighted by atomic mass is 10.1. The number of halogens is 1. The number of rotatable bonds is 5. The third-order valence-electron chi connectivity index (χ3n) is 6.79. The van der Waals surface area contributed by atoms with Gasteiger partial charge in [-0.15, -0.1) is 0 Å². The SMILES string of the molecule is O=C(Nc1ccc(Cl)cc1)N1CCCN(c2nc(Cc3ccccc3)nc3onc(-c4ccccc4)c23)CC1. The number of aromatic nitrogens is 3. The molecule has 1 saturated heterocycles. The van der Waals surface area contributed by atoms with Gasteiger partial charge in [0.25, 0.3) is 5.71 Å².